The minimum absolute atomic E-state index is 0.0571. The predicted octanol–water partition coefficient (Wildman–Crippen LogP) is 3.71. The number of amides is 3. The number of nitrogens with one attached hydrogen (secondary N) is 3. The van der Waals surface area contributed by atoms with Gasteiger partial charge in [-0.15, -0.1) is 0 Å². The summed E-state index contributed by atoms with van der Waals surface area (Å²) in [5, 5.41) is 13.0. The molecule has 9 heteroatoms. The number of carbonyl (C=O) groups is 2. The number of benzene rings is 2. The highest BCUT2D eigenvalue weighted by Crippen LogP contribution is 2.23. The molecule has 2 aliphatic rings. The maximum absolute atomic E-state index is 12.7. The van der Waals surface area contributed by atoms with Crippen LogP contribution in [0, 0.1) is 0 Å². The zero-order valence-electron chi connectivity index (χ0n) is 20.0. The maximum Gasteiger partial charge on any atom is 0.321 e. The molecular formula is C26H31N7O2. The second-order valence-electron chi connectivity index (χ2n) is 9.16. The quantitative estimate of drug-likeness (QED) is 0.525. The first-order chi connectivity index (χ1) is 17.0. The van der Waals surface area contributed by atoms with Crippen LogP contribution in [0.4, 0.5) is 22.0 Å². The van der Waals surface area contributed by atoms with Gasteiger partial charge >= 0.3 is 6.03 Å². The van der Waals surface area contributed by atoms with Gasteiger partial charge in [-0.1, -0.05) is 12.1 Å². The molecule has 0 spiro atoms. The molecule has 0 atom stereocenters. The summed E-state index contributed by atoms with van der Waals surface area (Å²) in [5.74, 6) is 0.257. The topological polar surface area (TPSA) is 96.6 Å². The number of anilines is 3. The highest BCUT2D eigenvalue weighted by atomic mass is 16.2. The number of urea groups is 1. The summed E-state index contributed by atoms with van der Waals surface area (Å²) >= 11 is 0. The minimum atomic E-state index is -0.201. The van der Waals surface area contributed by atoms with Crippen molar-refractivity contribution >= 4 is 29.1 Å². The number of piperazine rings is 1. The van der Waals surface area contributed by atoms with Gasteiger partial charge in [0.1, 0.15) is 0 Å². The van der Waals surface area contributed by atoms with Crippen molar-refractivity contribution in [2.75, 3.05) is 61.8 Å². The third kappa shape index (κ3) is 5.46. The molecular weight excluding hydrogens is 442 g/mol. The van der Waals surface area contributed by atoms with E-state index in [9.17, 15) is 9.59 Å². The van der Waals surface area contributed by atoms with Gasteiger partial charge in [-0.2, -0.15) is 5.10 Å². The Kier molecular flexibility index (Phi) is 6.67. The number of hydrogen-bond acceptors (Lipinski definition) is 5. The first-order valence-corrected chi connectivity index (χ1v) is 12.1. The number of hydrogen-bond donors (Lipinski definition) is 3. The van der Waals surface area contributed by atoms with E-state index >= 15 is 0 Å². The standard InChI is InChI=1S/C26H31N7O2/c1-31-14-16-32(17-15-31)22-10-6-20(7-11-22)25(34)28-24-18-23(29-30-24)19-4-8-21(9-5-19)27-26(35)33-12-2-3-13-33/h4-11,18H,2-3,12-17H2,1H3,(H,27,35)(H2,28,29,30,34). The summed E-state index contributed by atoms with van der Waals surface area (Å²) in [7, 11) is 2.13. The molecule has 3 amide bonds. The lowest BCUT2D eigenvalue weighted by molar-refractivity contribution is 0.102. The first kappa shape index (κ1) is 22.9. The van der Waals surface area contributed by atoms with Gasteiger partial charge in [-0.3, -0.25) is 9.89 Å². The molecule has 0 saturated carbocycles. The van der Waals surface area contributed by atoms with Gasteiger partial charge in [0, 0.05) is 62.3 Å². The van der Waals surface area contributed by atoms with Crippen molar-refractivity contribution in [3.63, 3.8) is 0 Å². The lowest BCUT2D eigenvalue weighted by Gasteiger charge is -2.34. The van der Waals surface area contributed by atoms with Gasteiger partial charge in [0.05, 0.1) is 5.69 Å². The molecule has 0 radical (unpaired) electrons. The number of carbonyl (C=O) groups excluding carboxylic acids is 2. The third-order valence-electron chi connectivity index (χ3n) is 6.66. The average Bonchev–Trinajstić information content (AvgIpc) is 3.58. The van der Waals surface area contributed by atoms with Crippen molar-refractivity contribution in [3.8, 4) is 11.3 Å². The number of nitrogens with zero attached hydrogens (tertiary/aromatic N) is 4. The molecule has 0 unspecified atom stereocenters. The van der Waals surface area contributed by atoms with Crippen LogP contribution in [0.3, 0.4) is 0 Å². The highest BCUT2D eigenvalue weighted by molar-refractivity contribution is 6.04. The Hall–Kier alpha value is -3.85. The zero-order chi connectivity index (χ0) is 24.2. The molecule has 3 N–H and O–H groups in total. The van der Waals surface area contributed by atoms with E-state index in [0.717, 1.165) is 74.7 Å². The fourth-order valence-electron chi connectivity index (χ4n) is 4.47. The Morgan fingerprint density at radius 2 is 1.54 bits per heavy atom. The fourth-order valence-corrected chi connectivity index (χ4v) is 4.47. The molecule has 5 rings (SSSR count). The Morgan fingerprint density at radius 1 is 0.857 bits per heavy atom. The molecule has 2 saturated heterocycles. The Morgan fingerprint density at radius 3 is 2.23 bits per heavy atom. The van der Waals surface area contributed by atoms with E-state index in [1.54, 1.807) is 6.07 Å². The van der Waals surface area contributed by atoms with E-state index in [2.05, 4.69) is 37.7 Å². The normalized spacial score (nSPS) is 16.4. The van der Waals surface area contributed by atoms with E-state index in [1.807, 2.05) is 53.4 Å². The molecule has 2 aromatic carbocycles. The van der Waals surface area contributed by atoms with Gasteiger partial charge in [0.2, 0.25) is 0 Å². The van der Waals surface area contributed by atoms with Crippen molar-refractivity contribution < 1.29 is 9.59 Å². The van der Waals surface area contributed by atoms with Crippen LogP contribution in [0.15, 0.2) is 54.6 Å². The largest absolute Gasteiger partial charge is 0.369 e. The van der Waals surface area contributed by atoms with Crippen LogP contribution in [0.1, 0.15) is 23.2 Å². The monoisotopic (exact) mass is 473 g/mol. The van der Waals surface area contributed by atoms with Crippen LogP contribution < -0.4 is 15.5 Å². The summed E-state index contributed by atoms with van der Waals surface area (Å²) in [6.07, 6.45) is 2.12. The zero-order valence-corrected chi connectivity index (χ0v) is 20.0. The fraction of sp³-hybridized carbons (Fsp3) is 0.346. The molecule has 3 heterocycles. The summed E-state index contributed by atoms with van der Waals surface area (Å²) < 4.78 is 0. The van der Waals surface area contributed by atoms with Crippen LogP contribution >= 0.6 is 0 Å². The average molecular weight is 474 g/mol. The van der Waals surface area contributed by atoms with Crippen LogP contribution in [0.2, 0.25) is 0 Å². The van der Waals surface area contributed by atoms with Crippen LogP contribution in [-0.4, -0.2) is 78.3 Å². The van der Waals surface area contributed by atoms with Crippen LogP contribution in [0.25, 0.3) is 11.3 Å². The van der Waals surface area contributed by atoms with Crippen LogP contribution in [0.5, 0.6) is 0 Å². The van der Waals surface area contributed by atoms with E-state index in [-0.39, 0.29) is 11.9 Å². The number of likely N-dealkylation sites (N-methyl/N-ethyl adjacent to an activating group) is 1. The SMILES string of the molecule is CN1CCN(c2ccc(C(=O)Nc3cc(-c4ccc(NC(=O)N5CCCC5)cc4)[nH]n3)cc2)CC1. The van der Waals surface area contributed by atoms with Crippen molar-refractivity contribution in [1.82, 2.24) is 20.0 Å². The van der Waals surface area contributed by atoms with Gasteiger partial charge < -0.3 is 25.3 Å². The molecule has 1 aromatic heterocycles. The molecule has 182 valence electrons. The number of likely N-dealkylation sites (tertiary alicyclic amines) is 1. The number of aromatic nitrogens is 2. The number of rotatable bonds is 5. The lowest BCUT2D eigenvalue weighted by atomic mass is 10.1. The molecule has 3 aromatic rings. The van der Waals surface area contributed by atoms with E-state index < -0.39 is 0 Å². The van der Waals surface area contributed by atoms with Gasteiger partial charge in [0.25, 0.3) is 5.91 Å². The molecule has 35 heavy (non-hydrogen) atoms. The van der Waals surface area contributed by atoms with Crippen molar-refractivity contribution in [2.24, 2.45) is 0 Å². The first-order valence-electron chi connectivity index (χ1n) is 12.1. The van der Waals surface area contributed by atoms with E-state index in [0.29, 0.717) is 11.4 Å². The van der Waals surface area contributed by atoms with Crippen molar-refractivity contribution in [3.05, 3.63) is 60.2 Å². The van der Waals surface area contributed by atoms with Gasteiger partial charge in [-0.05, 0) is 61.9 Å². The Bertz CT molecular complexity index is 1160. The minimum Gasteiger partial charge on any atom is -0.369 e. The Labute approximate surface area is 205 Å². The molecule has 0 bridgehead atoms. The second kappa shape index (κ2) is 10.2. The predicted molar refractivity (Wildman–Crippen MR) is 138 cm³/mol. The smallest absolute Gasteiger partial charge is 0.321 e. The maximum atomic E-state index is 12.7. The van der Waals surface area contributed by atoms with Crippen molar-refractivity contribution in [1.29, 1.82) is 0 Å². The van der Waals surface area contributed by atoms with E-state index in [4.69, 9.17) is 0 Å². The Balaban J connectivity index is 1.17. The van der Waals surface area contributed by atoms with E-state index in [1.165, 1.54) is 0 Å². The van der Waals surface area contributed by atoms with Gasteiger partial charge in [0.15, 0.2) is 5.82 Å². The van der Waals surface area contributed by atoms with Gasteiger partial charge in [-0.25, -0.2) is 4.79 Å². The second-order valence-corrected chi connectivity index (χ2v) is 9.16. The molecule has 0 aliphatic carbocycles. The van der Waals surface area contributed by atoms with Crippen LogP contribution in [-0.2, 0) is 0 Å². The highest BCUT2D eigenvalue weighted by Gasteiger charge is 2.18. The number of H-pyrrole nitrogens is 1. The number of aromatic amines is 1. The molecule has 9 nitrogen and oxygen atoms in total. The summed E-state index contributed by atoms with van der Waals surface area (Å²) in [4.78, 5) is 31.5. The third-order valence-corrected chi connectivity index (χ3v) is 6.66. The summed E-state index contributed by atoms with van der Waals surface area (Å²) in [5.41, 5.74) is 4.16. The summed E-state index contributed by atoms with van der Waals surface area (Å²) in [6.45, 7) is 5.69. The van der Waals surface area contributed by atoms with Crippen molar-refractivity contribution in [2.45, 2.75) is 12.8 Å². The molecule has 2 fully saturated rings. The molecule has 2 aliphatic heterocycles. The summed E-state index contributed by atoms with van der Waals surface area (Å²) in [6, 6.07) is 17.0. The lowest BCUT2D eigenvalue weighted by Crippen LogP contribution is -2.44.